The monoisotopic (exact) mass is 413 g/mol. The molecule has 0 aliphatic carbocycles. The summed E-state index contributed by atoms with van der Waals surface area (Å²) < 4.78 is 41.0. The molecule has 2 aromatic carbocycles. The zero-order valence-electron chi connectivity index (χ0n) is 16.4. The third-order valence-electron chi connectivity index (χ3n) is 5.48. The Morgan fingerprint density at radius 3 is 2.52 bits per heavy atom. The number of imidazole rings is 1. The zero-order valence-corrected chi connectivity index (χ0v) is 17.2. The molecular formula is C21H23N3O4S. The van der Waals surface area contributed by atoms with Crippen LogP contribution >= 0.6 is 0 Å². The highest BCUT2D eigenvalue weighted by atomic mass is 32.2. The van der Waals surface area contributed by atoms with E-state index in [2.05, 4.69) is 18.4 Å². The van der Waals surface area contributed by atoms with Gasteiger partial charge < -0.3 is 14.0 Å². The average Bonchev–Trinajstić information content (AvgIpc) is 3.06. The zero-order chi connectivity index (χ0) is 20.2. The number of hydrogen-bond acceptors (Lipinski definition) is 5. The molecule has 0 amide bonds. The lowest BCUT2D eigenvalue weighted by Crippen LogP contribution is -2.50. The number of hydrogen-bond donors (Lipinski definition) is 0. The highest BCUT2D eigenvalue weighted by molar-refractivity contribution is 7.89. The van der Waals surface area contributed by atoms with Gasteiger partial charge in [-0.3, -0.25) is 0 Å². The number of rotatable bonds is 4. The van der Waals surface area contributed by atoms with Crippen LogP contribution in [0.4, 0.5) is 0 Å². The lowest BCUT2D eigenvalue weighted by atomic mass is 10.1. The molecule has 5 rings (SSSR count). The lowest BCUT2D eigenvalue weighted by Gasteiger charge is -2.40. The number of para-hydroxylation sites is 2. The molecule has 0 spiro atoms. The molecule has 3 heterocycles. The minimum atomic E-state index is -3.58. The van der Waals surface area contributed by atoms with Crippen molar-refractivity contribution < 1.29 is 17.9 Å². The van der Waals surface area contributed by atoms with Crippen molar-refractivity contribution in [1.29, 1.82) is 0 Å². The first-order valence-corrected chi connectivity index (χ1v) is 11.3. The summed E-state index contributed by atoms with van der Waals surface area (Å²) in [5.74, 6) is 2.32. The standard InChI is InChI=1S/C21H23N3O4S/c1-14(2)21-22-17-5-3-4-6-18(17)24(21)15-12-23(13-15)29(25,26)16-7-8-19-20(11-16)28-10-9-27-19/h3-8,11,14-15H,9-10,12-13H2,1-2H3. The molecule has 0 atom stereocenters. The first-order valence-electron chi connectivity index (χ1n) is 9.82. The van der Waals surface area contributed by atoms with E-state index in [-0.39, 0.29) is 16.9 Å². The van der Waals surface area contributed by atoms with Crippen molar-refractivity contribution in [1.82, 2.24) is 13.9 Å². The van der Waals surface area contributed by atoms with Gasteiger partial charge in [0.2, 0.25) is 10.0 Å². The molecule has 152 valence electrons. The molecule has 29 heavy (non-hydrogen) atoms. The SMILES string of the molecule is CC(C)c1nc2ccccc2n1C1CN(S(=O)(=O)c2ccc3c(c2)OCCO3)C1. The smallest absolute Gasteiger partial charge is 0.243 e. The van der Waals surface area contributed by atoms with Crippen LogP contribution in [0.25, 0.3) is 11.0 Å². The molecule has 0 saturated carbocycles. The number of aromatic nitrogens is 2. The van der Waals surface area contributed by atoms with Crippen LogP contribution in [-0.2, 0) is 10.0 Å². The fourth-order valence-corrected chi connectivity index (χ4v) is 5.49. The predicted octanol–water partition coefficient (Wildman–Crippen LogP) is 3.18. The van der Waals surface area contributed by atoms with Gasteiger partial charge in [0.1, 0.15) is 19.0 Å². The van der Waals surface area contributed by atoms with Crippen molar-refractivity contribution in [2.45, 2.75) is 30.7 Å². The highest BCUT2D eigenvalue weighted by Gasteiger charge is 2.39. The van der Waals surface area contributed by atoms with Gasteiger partial charge in [-0.25, -0.2) is 13.4 Å². The number of ether oxygens (including phenoxy) is 2. The van der Waals surface area contributed by atoms with Gasteiger partial charge in [0.15, 0.2) is 11.5 Å². The van der Waals surface area contributed by atoms with E-state index in [0.717, 1.165) is 16.9 Å². The van der Waals surface area contributed by atoms with Gasteiger partial charge in [0.05, 0.1) is 22.0 Å². The molecule has 8 heteroatoms. The lowest BCUT2D eigenvalue weighted by molar-refractivity contribution is 0.171. The van der Waals surface area contributed by atoms with Crippen LogP contribution in [-0.4, -0.2) is 48.6 Å². The van der Waals surface area contributed by atoms with Crippen molar-refractivity contribution in [3.63, 3.8) is 0 Å². The third kappa shape index (κ3) is 2.98. The van der Waals surface area contributed by atoms with E-state index in [1.807, 2.05) is 24.3 Å². The maximum absolute atomic E-state index is 13.1. The Morgan fingerprint density at radius 2 is 1.76 bits per heavy atom. The minimum Gasteiger partial charge on any atom is -0.486 e. The quantitative estimate of drug-likeness (QED) is 0.657. The van der Waals surface area contributed by atoms with Crippen LogP contribution in [0.15, 0.2) is 47.4 Å². The average molecular weight is 413 g/mol. The summed E-state index contributed by atoms with van der Waals surface area (Å²) in [5.41, 5.74) is 2.00. The van der Waals surface area contributed by atoms with E-state index in [1.54, 1.807) is 18.2 Å². The molecule has 3 aromatic rings. The van der Waals surface area contributed by atoms with E-state index in [9.17, 15) is 8.42 Å². The Hall–Kier alpha value is -2.58. The first-order chi connectivity index (χ1) is 13.9. The summed E-state index contributed by atoms with van der Waals surface area (Å²) in [5, 5.41) is 0. The third-order valence-corrected chi connectivity index (χ3v) is 7.31. The molecule has 2 aliphatic heterocycles. The Bertz CT molecular complexity index is 1180. The molecule has 1 fully saturated rings. The first kappa shape index (κ1) is 18.4. The van der Waals surface area contributed by atoms with E-state index in [0.29, 0.717) is 37.8 Å². The van der Waals surface area contributed by atoms with Crippen molar-refractivity contribution in [2.24, 2.45) is 0 Å². The predicted molar refractivity (Wildman–Crippen MR) is 109 cm³/mol. The topological polar surface area (TPSA) is 73.7 Å². The Balaban J connectivity index is 1.42. The van der Waals surface area contributed by atoms with Crippen molar-refractivity contribution in [3.8, 4) is 11.5 Å². The van der Waals surface area contributed by atoms with Crippen LogP contribution in [0, 0.1) is 0 Å². The normalized spacial score (nSPS) is 17.6. The number of sulfonamides is 1. The second-order valence-electron chi connectivity index (χ2n) is 7.76. The van der Waals surface area contributed by atoms with E-state index in [1.165, 1.54) is 4.31 Å². The number of benzene rings is 2. The van der Waals surface area contributed by atoms with Crippen molar-refractivity contribution >= 4 is 21.1 Å². The summed E-state index contributed by atoms with van der Waals surface area (Å²) in [6.45, 7) is 5.98. The molecule has 1 saturated heterocycles. The number of nitrogens with zero attached hydrogens (tertiary/aromatic N) is 3. The maximum Gasteiger partial charge on any atom is 0.243 e. The molecule has 7 nitrogen and oxygen atoms in total. The van der Waals surface area contributed by atoms with Gasteiger partial charge >= 0.3 is 0 Å². The van der Waals surface area contributed by atoms with Gasteiger partial charge in [-0.2, -0.15) is 4.31 Å². The van der Waals surface area contributed by atoms with E-state index < -0.39 is 10.0 Å². The van der Waals surface area contributed by atoms with Gasteiger partial charge in [-0.05, 0) is 24.3 Å². The van der Waals surface area contributed by atoms with E-state index in [4.69, 9.17) is 14.5 Å². The van der Waals surface area contributed by atoms with Gasteiger partial charge in [-0.15, -0.1) is 0 Å². The fourth-order valence-electron chi connectivity index (χ4n) is 3.96. The summed E-state index contributed by atoms with van der Waals surface area (Å²) in [6.07, 6.45) is 0. The van der Waals surface area contributed by atoms with Crippen molar-refractivity contribution in [3.05, 3.63) is 48.3 Å². The molecular weight excluding hydrogens is 390 g/mol. The largest absolute Gasteiger partial charge is 0.486 e. The van der Waals surface area contributed by atoms with Crippen LogP contribution in [0.1, 0.15) is 31.6 Å². The highest BCUT2D eigenvalue weighted by Crippen LogP contribution is 2.37. The van der Waals surface area contributed by atoms with Crippen LogP contribution in [0.2, 0.25) is 0 Å². The summed E-state index contributed by atoms with van der Waals surface area (Å²) >= 11 is 0. The maximum atomic E-state index is 13.1. The van der Waals surface area contributed by atoms with Crippen LogP contribution in [0.3, 0.4) is 0 Å². The molecule has 0 unspecified atom stereocenters. The van der Waals surface area contributed by atoms with Crippen LogP contribution in [0.5, 0.6) is 11.5 Å². The van der Waals surface area contributed by atoms with Gasteiger partial charge in [0.25, 0.3) is 0 Å². The molecule has 0 bridgehead atoms. The molecule has 0 N–H and O–H groups in total. The molecule has 2 aliphatic rings. The molecule has 0 radical (unpaired) electrons. The van der Waals surface area contributed by atoms with Crippen LogP contribution < -0.4 is 9.47 Å². The summed E-state index contributed by atoms with van der Waals surface area (Å²) in [7, 11) is -3.58. The minimum absolute atomic E-state index is 0.0757. The Morgan fingerprint density at radius 1 is 1.03 bits per heavy atom. The van der Waals surface area contributed by atoms with Gasteiger partial charge in [0, 0.05) is 25.1 Å². The Kier molecular flexibility index (Phi) is 4.29. The number of fused-ring (bicyclic) bond motifs is 2. The van der Waals surface area contributed by atoms with Gasteiger partial charge in [-0.1, -0.05) is 26.0 Å². The summed E-state index contributed by atoms with van der Waals surface area (Å²) in [6, 6.07) is 12.9. The fraction of sp³-hybridized carbons (Fsp3) is 0.381. The molecule has 1 aromatic heterocycles. The summed E-state index contributed by atoms with van der Waals surface area (Å²) in [4.78, 5) is 5.01. The Labute approximate surface area is 169 Å². The second-order valence-corrected chi connectivity index (χ2v) is 9.70. The second kappa shape index (κ2) is 6.74. The van der Waals surface area contributed by atoms with E-state index >= 15 is 0 Å². The van der Waals surface area contributed by atoms with Crippen molar-refractivity contribution in [2.75, 3.05) is 26.3 Å².